The number of benzene rings is 1. The Kier molecular flexibility index (Phi) is 10.4. The van der Waals surface area contributed by atoms with Crippen molar-refractivity contribution >= 4 is 29.7 Å². The van der Waals surface area contributed by atoms with Crippen LogP contribution >= 0.6 is 0 Å². The largest absolute Gasteiger partial charge is 0.496 e. The molecule has 1 aliphatic heterocycles. The topological polar surface area (TPSA) is 150 Å². The molecule has 1 saturated heterocycles. The number of ether oxygens (including phenoxy) is 7. The van der Waals surface area contributed by atoms with E-state index in [4.69, 9.17) is 33.2 Å². The Morgan fingerprint density at radius 2 is 1.39 bits per heavy atom. The van der Waals surface area contributed by atoms with E-state index < -0.39 is 54.4 Å². The third-order valence-electron chi connectivity index (χ3n) is 5.12. The highest BCUT2D eigenvalue weighted by Gasteiger charge is 2.53. The van der Waals surface area contributed by atoms with Crippen LogP contribution in [-0.2, 0) is 47.6 Å². The number of Topliss-reactive ketones (excluding diaryl/α,β-unsaturated/α-hetero) is 1. The molecule has 1 heterocycles. The number of hydrogen-bond donors (Lipinski definition) is 0. The van der Waals surface area contributed by atoms with Gasteiger partial charge in [0.2, 0.25) is 0 Å². The maximum atomic E-state index is 12.5. The van der Waals surface area contributed by atoms with Gasteiger partial charge in [-0.05, 0) is 18.2 Å². The van der Waals surface area contributed by atoms with E-state index in [1.807, 2.05) is 0 Å². The van der Waals surface area contributed by atoms with Gasteiger partial charge in [0.15, 0.2) is 24.1 Å². The molecule has 1 aliphatic rings. The molecule has 36 heavy (non-hydrogen) atoms. The van der Waals surface area contributed by atoms with Gasteiger partial charge in [-0.25, -0.2) is 0 Å². The lowest BCUT2D eigenvalue weighted by molar-refractivity contribution is -0.254. The van der Waals surface area contributed by atoms with Crippen molar-refractivity contribution in [2.45, 2.75) is 58.2 Å². The SMILES string of the molecule is COCC(=O)c1ccc(OC)c([C@@H]2O[C@H](COC(C)=O)[C@@H](OC(C)=O)[C@H](OC(C)=O)[C@H]2OC(C)=O)c1. The quantitative estimate of drug-likeness (QED) is 0.254. The summed E-state index contributed by atoms with van der Waals surface area (Å²) in [6.45, 7) is 4.02. The van der Waals surface area contributed by atoms with E-state index in [-0.39, 0.29) is 35.9 Å². The predicted octanol–water partition coefficient (Wildman–Crippen LogP) is 1.32. The van der Waals surface area contributed by atoms with Crippen LogP contribution in [0.5, 0.6) is 5.75 Å². The Morgan fingerprint density at radius 1 is 0.806 bits per heavy atom. The van der Waals surface area contributed by atoms with Crippen LogP contribution in [0, 0.1) is 0 Å². The Morgan fingerprint density at radius 3 is 1.92 bits per heavy atom. The summed E-state index contributed by atoms with van der Waals surface area (Å²) in [5.74, 6) is -2.93. The van der Waals surface area contributed by atoms with Crippen LogP contribution < -0.4 is 4.74 Å². The molecule has 12 nitrogen and oxygen atoms in total. The monoisotopic (exact) mass is 510 g/mol. The van der Waals surface area contributed by atoms with Gasteiger partial charge >= 0.3 is 23.9 Å². The van der Waals surface area contributed by atoms with Crippen LogP contribution in [0.15, 0.2) is 18.2 Å². The third kappa shape index (κ3) is 7.49. The van der Waals surface area contributed by atoms with Gasteiger partial charge in [0.05, 0.1) is 7.11 Å². The maximum Gasteiger partial charge on any atom is 0.303 e. The summed E-state index contributed by atoms with van der Waals surface area (Å²) in [5.41, 5.74) is 0.525. The molecule has 2 rings (SSSR count). The normalized spacial score (nSPS) is 23.2. The molecule has 1 aromatic carbocycles. The van der Waals surface area contributed by atoms with Crippen LogP contribution in [0.4, 0.5) is 0 Å². The average Bonchev–Trinajstić information content (AvgIpc) is 2.79. The lowest BCUT2D eigenvalue weighted by atomic mass is 9.89. The third-order valence-corrected chi connectivity index (χ3v) is 5.12. The first kappa shape index (κ1) is 28.7. The minimum Gasteiger partial charge on any atom is -0.496 e. The molecule has 198 valence electrons. The maximum absolute atomic E-state index is 12.5. The summed E-state index contributed by atoms with van der Waals surface area (Å²) in [6, 6.07) is 4.52. The lowest BCUT2D eigenvalue weighted by Crippen LogP contribution is -2.59. The van der Waals surface area contributed by atoms with E-state index in [2.05, 4.69) is 0 Å². The average molecular weight is 510 g/mol. The van der Waals surface area contributed by atoms with Crippen molar-refractivity contribution in [3.05, 3.63) is 29.3 Å². The molecule has 0 aliphatic carbocycles. The van der Waals surface area contributed by atoms with E-state index in [1.54, 1.807) is 0 Å². The highest BCUT2D eigenvalue weighted by Crippen LogP contribution is 2.41. The minimum absolute atomic E-state index is 0.190. The van der Waals surface area contributed by atoms with E-state index in [1.165, 1.54) is 39.3 Å². The second-order valence-electron chi connectivity index (χ2n) is 7.93. The van der Waals surface area contributed by atoms with E-state index in [0.717, 1.165) is 20.8 Å². The van der Waals surface area contributed by atoms with Gasteiger partial charge in [-0.3, -0.25) is 24.0 Å². The number of hydrogen-bond acceptors (Lipinski definition) is 12. The number of methoxy groups -OCH3 is 2. The zero-order chi connectivity index (χ0) is 27.0. The van der Waals surface area contributed by atoms with Crippen LogP contribution in [0.2, 0.25) is 0 Å². The molecule has 0 aromatic heterocycles. The molecule has 0 saturated carbocycles. The van der Waals surface area contributed by atoms with Crippen molar-refractivity contribution in [1.29, 1.82) is 0 Å². The zero-order valence-corrected chi connectivity index (χ0v) is 20.9. The van der Waals surface area contributed by atoms with Gasteiger partial charge in [-0.2, -0.15) is 0 Å². The summed E-state index contributed by atoms with van der Waals surface area (Å²) in [7, 11) is 2.77. The minimum atomic E-state index is -1.35. The molecule has 0 spiro atoms. The Bertz CT molecular complexity index is 987. The highest BCUT2D eigenvalue weighted by molar-refractivity contribution is 5.97. The molecule has 0 N–H and O–H groups in total. The lowest BCUT2D eigenvalue weighted by Gasteiger charge is -2.44. The number of rotatable bonds is 10. The van der Waals surface area contributed by atoms with Crippen LogP contribution in [0.1, 0.15) is 49.7 Å². The van der Waals surface area contributed by atoms with Gasteiger partial charge in [-0.1, -0.05) is 0 Å². The number of esters is 4. The number of carbonyl (C=O) groups excluding carboxylic acids is 5. The number of carbonyl (C=O) groups is 5. The Balaban J connectivity index is 2.69. The molecule has 1 aromatic rings. The first-order valence-electron chi connectivity index (χ1n) is 11.0. The molecule has 0 radical (unpaired) electrons. The molecular formula is C24H30O12. The van der Waals surface area contributed by atoms with Crippen LogP contribution in [0.25, 0.3) is 0 Å². The first-order valence-corrected chi connectivity index (χ1v) is 11.0. The van der Waals surface area contributed by atoms with Gasteiger partial charge < -0.3 is 33.2 Å². The van der Waals surface area contributed by atoms with Gasteiger partial charge in [0.25, 0.3) is 0 Å². The summed E-state index contributed by atoms with van der Waals surface area (Å²) < 4.78 is 37.9. The fraction of sp³-hybridized carbons (Fsp3) is 0.542. The van der Waals surface area contributed by atoms with Crippen molar-refractivity contribution in [1.82, 2.24) is 0 Å². The summed E-state index contributed by atoms with van der Waals surface area (Å²) >= 11 is 0. The van der Waals surface area contributed by atoms with Gasteiger partial charge in [-0.15, -0.1) is 0 Å². The second-order valence-corrected chi connectivity index (χ2v) is 7.93. The van der Waals surface area contributed by atoms with Gasteiger partial charge in [0.1, 0.15) is 31.2 Å². The zero-order valence-electron chi connectivity index (χ0n) is 20.9. The highest BCUT2D eigenvalue weighted by atomic mass is 16.7. The van der Waals surface area contributed by atoms with Crippen LogP contribution in [0.3, 0.4) is 0 Å². The van der Waals surface area contributed by atoms with Crippen molar-refractivity contribution in [3.8, 4) is 5.75 Å². The molecule has 5 atom stereocenters. The van der Waals surface area contributed by atoms with E-state index in [0.29, 0.717) is 0 Å². The van der Waals surface area contributed by atoms with E-state index >= 15 is 0 Å². The van der Waals surface area contributed by atoms with Crippen molar-refractivity contribution in [3.63, 3.8) is 0 Å². The first-order chi connectivity index (χ1) is 17.0. The summed E-state index contributed by atoms with van der Waals surface area (Å²) in [6.07, 6.45) is -6.29. The van der Waals surface area contributed by atoms with Crippen LogP contribution in [-0.4, -0.2) is 81.5 Å². The predicted molar refractivity (Wildman–Crippen MR) is 120 cm³/mol. The fourth-order valence-electron chi connectivity index (χ4n) is 3.82. The molecule has 12 heteroatoms. The van der Waals surface area contributed by atoms with E-state index in [9.17, 15) is 24.0 Å². The molecular weight excluding hydrogens is 480 g/mol. The summed E-state index contributed by atoms with van der Waals surface area (Å²) in [5, 5.41) is 0. The standard InChI is InChI=1S/C24H30O12/c1-12(25)32-11-20-22(33-13(2)26)24(35-15(4)28)23(34-14(3)27)21(36-20)17-9-16(18(29)10-30-5)7-8-19(17)31-6/h7-9,20-24H,10-11H2,1-6H3/t20-,21+,22-,23+,24+/m1/s1. The Hall–Kier alpha value is -3.51. The van der Waals surface area contributed by atoms with Crippen molar-refractivity contribution in [2.24, 2.45) is 0 Å². The van der Waals surface area contributed by atoms with Crippen molar-refractivity contribution < 1.29 is 57.1 Å². The smallest absolute Gasteiger partial charge is 0.303 e. The second kappa shape index (κ2) is 13.0. The van der Waals surface area contributed by atoms with Crippen molar-refractivity contribution in [2.75, 3.05) is 27.4 Å². The number of ketones is 1. The fourth-order valence-corrected chi connectivity index (χ4v) is 3.82. The Labute approximate surface area is 208 Å². The molecule has 0 unspecified atom stereocenters. The molecule has 1 fully saturated rings. The molecule has 0 amide bonds. The summed E-state index contributed by atoms with van der Waals surface area (Å²) in [4.78, 5) is 60.0. The molecule has 0 bridgehead atoms. The van der Waals surface area contributed by atoms with Gasteiger partial charge in [0, 0.05) is 45.9 Å².